The normalized spacial score (nSPS) is 11.4. The Labute approximate surface area is 177 Å². The molecule has 0 spiro atoms. The first-order chi connectivity index (χ1) is 14.2. The van der Waals surface area contributed by atoms with Crippen LogP contribution in [-0.2, 0) is 16.1 Å². The molecule has 8 nitrogen and oxygen atoms in total. The van der Waals surface area contributed by atoms with Gasteiger partial charge in [-0.25, -0.2) is 14.6 Å². The van der Waals surface area contributed by atoms with E-state index in [2.05, 4.69) is 32.6 Å². The molecule has 0 atom stereocenters. The third-order valence-electron chi connectivity index (χ3n) is 3.91. The number of nitrogens with zero attached hydrogens (tertiary/aromatic N) is 4. The predicted molar refractivity (Wildman–Crippen MR) is 118 cm³/mol. The highest BCUT2D eigenvalue weighted by Gasteiger charge is 2.13. The number of aromatic nitrogens is 4. The maximum absolute atomic E-state index is 12.0. The summed E-state index contributed by atoms with van der Waals surface area (Å²) in [4.78, 5) is 22.3. The number of methoxy groups -OCH3 is 1. The fourth-order valence-corrected chi connectivity index (χ4v) is 3.77. The molecular weight excluding hydrogens is 408 g/mol. The molecule has 0 aliphatic rings. The highest BCUT2D eigenvalue weighted by atomic mass is 32.2. The van der Waals surface area contributed by atoms with Gasteiger partial charge in [0.15, 0.2) is 10.8 Å². The second-order valence-corrected chi connectivity index (χ2v) is 8.16. The molecule has 2 N–H and O–H groups in total. The van der Waals surface area contributed by atoms with Gasteiger partial charge in [0.25, 0.3) is 0 Å². The molecule has 0 fully saturated rings. The number of nitrogens with one attached hydrogen (secondary N) is 2. The number of rotatable bonds is 11. The first-order valence-electron chi connectivity index (χ1n) is 9.30. The SMILES string of the molecule is CCSc1nc(NCCOC)c2cnn(CCNC(=O)/C=C/c3cccs3)c2n1. The van der Waals surface area contributed by atoms with Gasteiger partial charge in [0, 0.05) is 31.2 Å². The van der Waals surface area contributed by atoms with Gasteiger partial charge in [-0.1, -0.05) is 24.8 Å². The van der Waals surface area contributed by atoms with Gasteiger partial charge in [-0.2, -0.15) is 5.10 Å². The van der Waals surface area contributed by atoms with E-state index in [1.807, 2.05) is 23.6 Å². The third kappa shape index (κ3) is 6.02. The molecule has 3 aromatic rings. The maximum atomic E-state index is 12.0. The molecule has 3 heterocycles. The number of carbonyl (C=O) groups excluding carboxylic acids is 1. The monoisotopic (exact) mass is 432 g/mol. The lowest BCUT2D eigenvalue weighted by molar-refractivity contribution is -0.116. The second-order valence-electron chi connectivity index (χ2n) is 5.95. The van der Waals surface area contributed by atoms with E-state index in [1.54, 1.807) is 47.2 Å². The Bertz CT molecular complexity index is 955. The molecule has 0 saturated carbocycles. The minimum absolute atomic E-state index is 0.131. The van der Waals surface area contributed by atoms with Gasteiger partial charge < -0.3 is 15.4 Å². The van der Waals surface area contributed by atoms with Crippen LogP contribution < -0.4 is 10.6 Å². The molecule has 0 bridgehead atoms. The summed E-state index contributed by atoms with van der Waals surface area (Å²) >= 11 is 3.17. The molecule has 0 unspecified atom stereocenters. The summed E-state index contributed by atoms with van der Waals surface area (Å²) in [7, 11) is 1.66. The molecule has 3 aromatic heterocycles. The fraction of sp³-hybridized carbons (Fsp3) is 0.368. The Balaban J connectivity index is 1.66. The van der Waals surface area contributed by atoms with Crippen molar-refractivity contribution in [2.45, 2.75) is 18.6 Å². The van der Waals surface area contributed by atoms with Crippen molar-refractivity contribution in [3.63, 3.8) is 0 Å². The topological polar surface area (TPSA) is 94.0 Å². The number of anilines is 1. The van der Waals surface area contributed by atoms with Crippen LogP contribution in [0.15, 0.2) is 34.9 Å². The van der Waals surface area contributed by atoms with Crippen molar-refractivity contribution in [3.05, 3.63) is 34.7 Å². The molecule has 0 radical (unpaired) electrons. The Kier molecular flexibility index (Phi) is 8.03. The van der Waals surface area contributed by atoms with E-state index in [4.69, 9.17) is 4.74 Å². The number of hydrogen-bond donors (Lipinski definition) is 2. The summed E-state index contributed by atoms with van der Waals surface area (Å²) in [5, 5.41) is 14.1. The zero-order chi connectivity index (χ0) is 20.5. The molecule has 0 aromatic carbocycles. The molecule has 3 rings (SSSR count). The molecule has 0 aliphatic carbocycles. The van der Waals surface area contributed by atoms with E-state index in [-0.39, 0.29) is 5.91 Å². The summed E-state index contributed by atoms with van der Waals surface area (Å²) in [6, 6.07) is 3.92. The molecule has 1 amide bonds. The Morgan fingerprint density at radius 1 is 1.38 bits per heavy atom. The van der Waals surface area contributed by atoms with Crippen LogP contribution in [0.4, 0.5) is 5.82 Å². The molecule has 0 saturated heterocycles. The van der Waals surface area contributed by atoms with E-state index >= 15 is 0 Å². The van der Waals surface area contributed by atoms with Crippen LogP contribution in [0.2, 0.25) is 0 Å². The summed E-state index contributed by atoms with van der Waals surface area (Å²) in [6.45, 7) is 4.27. The second kappa shape index (κ2) is 10.9. The number of amides is 1. The van der Waals surface area contributed by atoms with Crippen molar-refractivity contribution in [1.29, 1.82) is 0 Å². The number of thiophene rings is 1. The van der Waals surface area contributed by atoms with Crippen molar-refractivity contribution < 1.29 is 9.53 Å². The van der Waals surface area contributed by atoms with E-state index in [9.17, 15) is 4.79 Å². The number of hydrogen-bond acceptors (Lipinski definition) is 8. The summed E-state index contributed by atoms with van der Waals surface area (Å²) in [6.07, 6.45) is 5.11. The average Bonchev–Trinajstić information content (AvgIpc) is 3.37. The zero-order valence-corrected chi connectivity index (χ0v) is 18.1. The summed E-state index contributed by atoms with van der Waals surface area (Å²) in [5.41, 5.74) is 0.749. The van der Waals surface area contributed by atoms with Gasteiger partial charge in [-0.3, -0.25) is 4.79 Å². The van der Waals surface area contributed by atoms with Gasteiger partial charge in [-0.05, 0) is 23.3 Å². The first-order valence-corrected chi connectivity index (χ1v) is 11.2. The molecular formula is C19H24N6O2S2. The van der Waals surface area contributed by atoms with Crippen LogP contribution in [0.25, 0.3) is 17.1 Å². The third-order valence-corrected chi connectivity index (χ3v) is 5.48. The fourth-order valence-electron chi connectivity index (χ4n) is 2.59. The van der Waals surface area contributed by atoms with Crippen LogP contribution in [0.3, 0.4) is 0 Å². The molecule has 29 heavy (non-hydrogen) atoms. The number of carbonyl (C=O) groups is 1. The lowest BCUT2D eigenvalue weighted by atomic mass is 10.4. The van der Waals surface area contributed by atoms with Crippen molar-refractivity contribution >= 4 is 51.9 Å². The van der Waals surface area contributed by atoms with Crippen molar-refractivity contribution in [2.24, 2.45) is 0 Å². The number of thioether (sulfide) groups is 1. The standard InChI is InChI=1S/C19H24N6O2S2/c1-3-28-19-23-17(21-9-11-27-2)15-13-22-25(18(15)24-19)10-8-20-16(26)7-6-14-5-4-12-29-14/h4-7,12-13H,3,8-11H2,1-2H3,(H,20,26)(H,21,23,24)/b7-6+. The summed E-state index contributed by atoms with van der Waals surface area (Å²) < 4.78 is 6.89. The lowest BCUT2D eigenvalue weighted by Gasteiger charge is -2.09. The van der Waals surface area contributed by atoms with Crippen molar-refractivity contribution in [1.82, 2.24) is 25.1 Å². The number of ether oxygens (including phenoxy) is 1. The molecule has 10 heteroatoms. The lowest BCUT2D eigenvalue weighted by Crippen LogP contribution is -2.25. The van der Waals surface area contributed by atoms with Crippen LogP contribution >= 0.6 is 23.1 Å². The van der Waals surface area contributed by atoms with E-state index in [1.165, 1.54) is 0 Å². The van der Waals surface area contributed by atoms with E-state index < -0.39 is 0 Å². The predicted octanol–water partition coefficient (Wildman–Crippen LogP) is 2.89. The van der Waals surface area contributed by atoms with Crippen molar-refractivity contribution in [2.75, 3.05) is 37.9 Å². The molecule has 154 valence electrons. The average molecular weight is 433 g/mol. The van der Waals surface area contributed by atoms with Crippen molar-refractivity contribution in [3.8, 4) is 0 Å². The quantitative estimate of drug-likeness (QED) is 0.208. The Morgan fingerprint density at radius 2 is 2.28 bits per heavy atom. The highest BCUT2D eigenvalue weighted by Crippen LogP contribution is 2.24. The van der Waals surface area contributed by atoms with Crippen LogP contribution in [0, 0.1) is 0 Å². The largest absolute Gasteiger partial charge is 0.383 e. The Hall–Kier alpha value is -2.43. The zero-order valence-electron chi connectivity index (χ0n) is 16.4. The Morgan fingerprint density at radius 3 is 3.03 bits per heavy atom. The number of fused-ring (bicyclic) bond motifs is 1. The summed E-state index contributed by atoms with van der Waals surface area (Å²) in [5.74, 6) is 1.50. The minimum atomic E-state index is -0.131. The first kappa shape index (κ1) is 21.3. The van der Waals surface area contributed by atoms with Gasteiger partial charge in [0.05, 0.1) is 24.7 Å². The van der Waals surface area contributed by atoms with E-state index in [0.29, 0.717) is 31.4 Å². The van der Waals surface area contributed by atoms with Crippen LogP contribution in [0.1, 0.15) is 11.8 Å². The van der Waals surface area contributed by atoms with E-state index in [0.717, 1.165) is 27.5 Å². The maximum Gasteiger partial charge on any atom is 0.244 e. The van der Waals surface area contributed by atoms with Crippen LogP contribution in [-0.4, -0.2) is 58.2 Å². The minimum Gasteiger partial charge on any atom is -0.383 e. The highest BCUT2D eigenvalue weighted by molar-refractivity contribution is 7.99. The van der Waals surface area contributed by atoms with Gasteiger partial charge in [0.2, 0.25) is 5.91 Å². The smallest absolute Gasteiger partial charge is 0.244 e. The van der Waals surface area contributed by atoms with Gasteiger partial charge >= 0.3 is 0 Å². The molecule has 0 aliphatic heterocycles. The van der Waals surface area contributed by atoms with Crippen LogP contribution in [0.5, 0.6) is 0 Å². The van der Waals surface area contributed by atoms with Gasteiger partial charge in [0.1, 0.15) is 5.82 Å². The van der Waals surface area contributed by atoms with Gasteiger partial charge in [-0.15, -0.1) is 11.3 Å².